The molecule has 6 nitrogen and oxygen atoms in total. The number of Topliss-reactive ketones (excluding diaryl/α,β-unsaturated/α-hetero) is 1. The number of likely N-dealkylation sites (N-methyl/N-ethyl adjacent to an activating group) is 1. The monoisotopic (exact) mass is 408 g/mol. The summed E-state index contributed by atoms with van der Waals surface area (Å²) in [6.45, 7) is 8.73. The Morgan fingerprint density at radius 3 is 2.27 bits per heavy atom. The van der Waals surface area contributed by atoms with Crippen LogP contribution >= 0.6 is 0 Å². The van der Waals surface area contributed by atoms with Crippen LogP contribution in [-0.4, -0.2) is 57.9 Å². The number of hydrogen-bond acceptors (Lipinski definition) is 5. The Hall–Kier alpha value is -3.12. The third-order valence-corrected chi connectivity index (χ3v) is 5.64. The van der Waals surface area contributed by atoms with E-state index in [1.54, 1.807) is 12.1 Å². The summed E-state index contributed by atoms with van der Waals surface area (Å²) in [7, 11) is 0. The zero-order valence-electron chi connectivity index (χ0n) is 17.6. The number of aromatic hydroxyl groups is 1. The molecule has 3 rings (SSSR count). The lowest BCUT2D eigenvalue weighted by molar-refractivity contribution is -0.140. The molecule has 1 heterocycles. The number of phenolic OH excluding ortho intramolecular Hbond substituents is 1. The van der Waals surface area contributed by atoms with Gasteiger partial charge in [0.05, 0.1) is 17.2 Å². The maximum absolute atomic E-state index is 13.0. The number of carbonyl (C=O) groups excluding carboxylic acids is 2. The molecule has 0 saturated carbocycles. The van der Waals surface area contributed by atoms with E-state index in [0.717, 1.165) is 24.2 Å². The lowest BCUT2D eigenvalue weighted by Crippen LogP contribution is -2.38. The number of rotatable bonds is 7. The summed E-state index contributed by atoms with van der Waals surface area (Å²) in [4.78, 5) is 29.6. The average Bonchev–Trinajstić information content (AvgIpc) is 3.00. The molecule has 0 aromatic heterocycles. The van der Waals surface area contributed by atoms with Crippen LogP contribution in [0.25, 0.3) is 5.76 Å². The van der Waals surface area contributed by atoms with Gasteiger partial charge in [0.25, 0.3) is 11.7 Å². The van der Waals surface area contributed by atoms with Crippen molar-refractivity contribution < 1.29 is 19.8 Å². The number of benzene rings is 2. The summed E-state index contributed by atoms with van der Waals surface area (Å²) in [5.74, 6) is -1.88. The largest absolute Gasteiger partial charge is 0.507 e. The molecule has 1 aliphatic rings. The molecule has 1 aliphatic heterocycles. The highest BCUT2D eigenvalue weighted by atomic mass is 16.3. The molecule has 2 aromatic carbocycles. The van der Waals surface area contributed by atoms with Gasteiger partial charge in [-0.25, -0.2) is 0 Å². The van der Waals surface area contributed by atoms with Crippen LogP contribution in [0.5, 0.6) is 5.75 Å². The standard InChI is InChI=1S/C24H28N2O4/c1-4-25(5-2)14-15-26-21(17-12-10-16(3)11-13-17)20(23(29)24(26)30)22(28)18-8-6-7-9-19(18)27/h6-13,21,27-28H,4-5,14-15H2,1-3H3/b22-20+. The van der Waals surface area contributed by atoms with Crippen LogP contribution in [0.15, 0.2) is 54.1 Å². The smallest absolute Gasteiger partial charge is 0.295 e. The number of aliphatic hydroxyl groups is 1. The summed E-state index contributed by atoms with van der Waals surface area (Å²) in [6.07, 6.45) is 0. The van der Waals surface area contributed by atoms with Crippen molar-refractivity contribution in [3.63, 3.8) is 0 Å². The Morgan fingerprint density at radius 1 is 1.03 bits per heavy atom. The Kier molecular flexibility index (Phi) is 6.57. The summed E-state index contributed by atoms with van der Waals surface area (Å²) < 4.78 is 0. The first kappa shape index (κ1) is 21.6. The van der Waals surface area contributed by atoms with Crippen LogP contribution in [0, 0.1) is 6.92 Å². The molecule has 2 N–H and O–H groups in total. The first-order valence-corrected chi connectivity index (χ1v) is 10.2. The van der Waals surface area contributed by atoms with E-state index >= 15 is 0 Å². The molecule has 0 bridgehead atoms. The summed E-state index contributed by atoms with van der Waals surface area (Å²) in [6, 6.07) is 13.1. The molecule has 1 atom stereocenters. The van der Waals surface area contributed by atoms with Gasteiger partial charge in [-0.2, -0.15) is 0 Å². The van der Waals surface area contributed by atoms with Crippen molar-refractivity contribution in [1.29, 1.82) is 0 Å². The number of ketones is 1. The number of nitrogens with zero attached hydrogens (tertiary/aromatic N) is 2. The fourth-order valence-corrected chi connectivity index (χ4v) is 3.81. The van der Waals surface area contributed by atoms with Gasteiger partial charge in [-0.15, -0.1) is 0 Å². The van der Waals surface area contributed by atoms with E-state index in [4.69, 9.17) is 0 Å². The number of hydrogen-bond donors (Lipinski definition) is 2. The van der Waals surface area contributed by atoms with Crippen molar-refractivity contribution in [1.82, 2.24) is 9.80 Å². The van der Waals surface area contributed by atoms with Gasteiger partial charge < -0.3 is 20.0 Å². The van der Waals surface area contributed by atoms with Crippen LogP contribution < -0.4 is 0 Å². The molecule has 0 spiro atoms. The number of phenols is 1. The molecule has 0 radical (unpaired) electrons. The predicted octanol–water partition coefficient (Wildman–Crippen LogP) is 3.46. The normalized spacial score (nSPS) is 18.4. The lowest BCUT2D eigenvalue weighted by Gasteiger charge is -2.28. The number of amides is 1. The van der Waals surface area contributed by atoms with Crippen LogP contribution in [0.2, 0.25) is 0 Å². The van der Waals surface area contributed by atoms with E-state index in [1.165, 1.54) is 17.0 Å². The number of carbonyl (C=O) groups is 2. The van der Waals surface area contributed by atoms with Crippen molar-refractivity contribution in [2.24, 2.45) is 0 Å². The fraction of sp³-hybridized carbons (Fsp3) is 0.333. The Balaban J connectivity index is 2.11. The molecular formula is C24H28N2O4. The van der Waals surface area contributed by atoms with Gasteiger partial charge in [0.15, 0.2) is 0 Å². The minimum Gasteiger partial charge on any atom is -0.507 e. The van der Waals surface area contributed by atoms with E-state index in [1.807, 2.05) is 45.0 Å². The Labute approximate surface area is 177 Å². The van der Waals surface area contributed by atoms with Crippen molar-refractivity contribution in [2.75, 3.05) is 26.2 Å². The van der Waals surface area contributed by atoms with Crippen LogP contribution in [-0.2, 0) is 9.59 Å². The molecule has 6 heteroatoms. The maximum Gasteiger partial charge on any atom is 0.295 e. The minimum atomic E-state index is -0.735. The third-order valence-electron chi connectivity index (χ3n) is 5.64. The lowest BCUT2D eigenvalue weighted by atomic mass is 9.94. The van der Waals surface area contributed by atoms with E-state index in [-0.39, 0.29) is 22.6 Å². The van der Waals surface area contributed by atoms with Gasteiger partial charge in [-0.05, 0) is 37.7 Å². The van der Waals surface area contributed by atoms with E-state index in [2.05, 4.69) is 4.90 Å². The van der Waals surface area contributed by atoms with Gasteiger partial charge in [0.1, 0.15) is 11.5 Å². The van der Waals surface area contributed by atoms with Crippen LogP contribution in [0.3, 0.4) is 0 Å². The predicted molar refractivity (Wildman–Crippen MR) is 116 cm³/mol. The number of aryl methyl sites for hydroxylation is 1. The molecule has 1 amide bonds. The second-order valence-electron chi connectivity index (χ2n) is 7.45. The van der Waals surface area contributed by atoms with E-state index in [0.29, 0.717) is 13.1 Å². The summed E-state index contributed by atoms with van der Waals surface area (Å²) in [5.41, 5.74) is 1.94. The van der Waals surface area contributed by atoms with Crippen LogP contribution in [0.4, 0.5) is 0 Å². The topological polar surface area (TPSA) is 81.1 Å². The van der Waals surface area contributed by atoms with Crippen molar-refractivity contribution in [3.8, 4) is 5.75 Å². The second-order valence-corrected chi connectivity index (χ2v) is 7.45. The van der Waals surface area contributed by atoms with Crippen molar-refractivity contribution >= 4 is 17.4 Å². The van der Waals surface area contributed by atoms with Gasteiger partial charge in [0.2, 0.25) is 0 Å². The van der Waals surface area contributed by atoms with Crippen molar-refractivity contribution in [2.45, 2.75) is 26.8 Å². The van der Waals surface area contributed by atoms with Gasteiger partial charge in [-0.3, -0.25) is 9.59 Å². The summed E-state index contributed by atoms with van der Waals surface area (Å²) >= 11 is 0. The highest BCUT2D eigenvalue weighted by molar-refractivity contribution is 6.46. The zero-order chi connectivity index (χ0) is 21.8. The highest BCUT2D eigenvalue weighted by Crippen LogP contribution is 2.40. The Bertz CT molecular complexity index is 961. The second kappa shape index (κ2) is 9.13. The minimum absolute atomic E-state index is 0.00454. The number of likely N-dealkylation sites (tertiary alicyclic amines) is 1. The number of para-hydroxylation sites is 1. The van der Waals surface area contributed by atoms with Crippen molar-refractivity contribution in [3.05, 3.63) is 70.8 Å². The first-order valence-electron chi connectivity index (χ1n) is 10.2. The molecule has 1 unspecified atom stereocenters. The SMILES string of the molecule is CCN(CC)CCN1C(=O)C(=O)/C(=C(/O)c2ccccc2O)C1c1ccc(C)cc1. The highest BCUT2D eigenvalue weighted by Gasteiger charge is 2.46. The molecule has 0 aliphatic carbocycles. The molecule has 1 saturated heterocycles. The first-order chi connectivity index (χ1) is 14.4. The molecule has 2 aromatic rings. The molecule has 30 heavy (non-hydrogen) atoms. The Morgan fingerprint density at radius 2 is 1.67 bits per heavy atom. The van der Waals surface area contributed by atoms with E-state index < -0.39 is 17.7 Å². The maximum atomic E-state index is 13.0. The van der Waals surface area contributed by atoms with E-state index in [9.17, 15) is 19.8 Å². The molecule has 158 valence electrons. The van der Waals surface area contributed by atoms with Gasteiger partial charge >= 0.3 is 0 Å². The average molecular weight is 408 g/mol. The fourth-order valence-electron chi connectivity index (χ4n) is 3.81. The summed E-state index contributed by atoms with van der Waals surface area (Å²) in [5, 5.41) is 21.2. The quantitative estimate of drug-likeness (QED) is 0.417. The molecular weight excluding hydrogens is 380 g/mol. The molecule has 1 fully saturated rings. The third kappa shape index (κ3) is 4.09. The number of aliphatic hydroxyl groups excluding tert-OH is 1. The zero-order valence-corrected chi connectivity index (χ0v) is 17.6. The van der Waals surface area contributed by atoms with Crippen LogP contribution in [0.1, 0.15) is 36.6 Å². The van der Waals surface area contributed by atoms with Gasteiger partial charge in [-0.1, -0.05) is 55.8 Å². The van der Waals surface area contributed by atoms with Gasteiger partial charge in [0, 0.05) is 13.1 Å².